The van der Waals surface area contributed by atoms with E-state index < -0.39 is 0 Å². The molecule has 0 aromatic carbocycles. The van der Waals surface area contributed by atoms with E-state index in [9.17, 15) is 4.79 Å². The summed E-state index contributed by atoms with van der Waals surface area (Å²) in [5.74, 6) is 0.228. The lowest BCUT2D eigenvalue weighted by Crippen LogP contribution is -2.45. The SMILES string of the molecule is C=C1CC[C@]2(C)[C@@H](OC(C)=O)[C@H]1[C@]1(C)CCC[C@@]12C. The van der Waals surface area contributed by atoms with E-state index in [0.717, 1.165) is 12.8 Å². The van der Waals surface area contributed by atoms with E-state index in [1.807, 2.05) is 0 Å². The lowest BCUT2D eigenvalue weighted by Gasteiger charge is -2.46. The molecule has 0 spiro atoms. The fourth-order valence-corrected chi connectivity index (χ4v) is 5.86. The molecule has 0 aliphatic heterocycles. The number of ether oxygens (including phenoxy) is 1. The molecule has 3 rings (SSSR count). The lowest BCUT2D eigenvalue weighted by molar-refractivity contribution is -0.158. The van der Waals surface area contributed by atoms with Gasteiger partial charge in [-0.25, -0.2) is 0 Å². The fourth-order valence-electron chi connectivity index (χ4n) is 5.86. The van der Waals surface area contributed by atoms with Crippen LogP contribution in [-0.2, 0) is 9.53 Å². The molecule has 0 N–H and O–H groups in total. The van der Waals surface area contributed by atoms with Gasteiger partial charge in [0.05, 0.1) is 0 Å². The molecule has 0 heterocycles. The predicted molar refractivity (Wildman–Crippen MR) is 75.6 cm³/mol. The van der Waals surface area contributed by atoms with Crippen molar-refractivity contribution in [1.82, 2.24) is 0 Å². The number of hydrogen-bond acceptors (Lipinski definition) is 2. The van der Waals surface area contributed by atoms with Crippen LogP contribution in [0.1, 0.15) is 59.8 Å². The van der Waals surface area contributed by atoms with E-state index >= 15 is 0 Å². The molecule has 5 atom stereocenters. The van der Waals surface area contributed by atoms with Crippen molar-refractivity contribution in [2.75, 3.05) is 0 Å². The number of carbonyl (C=O) groups excluding carboxylic acids is 1. The Morgan fingerprint density at radius 2 is 1.89 bits per heavy atom. The quantitative estimate of drug-likeness (QED) is 0.525. The summed E-state index contributed by atoms with van der Waals surface area (Å²) in [5.41, 5.74) is 1.98. The summed E-state index contributed by atoms with van der Waals surface area (Å²) in [7, 11) is 0. The van der Waals surface area contributed by atoms with Gasteiger partial charge in [0.15, 0.2) is 0 Å². The maximum atomic E-state index is 11.6. The number of esters is 1. The second-order valence-corrected chi connectivity index (χ2v) is 7.69. The van der Waals surface area contributed by atoms with Crippen LogP contribution in [0.4, 0.5) is 0 Å². The Morgan fingerprint density at radius 3 is 2.53 bits per heavy atom. The van der Waals surface area contributed by atoms with Crippen molar-refractivity contribution in [2.24, 2.45) is 22.2 Å². The monoisotopic (exact) mass is 262 g/mol. The number of rotatable bonds is 1. The summed E-state index contributed by atoms with van der Waals surface area (Å²) in [6.45, 7) is 13.1. The third kappa shape index (κ3) is 1.31. The van der Waals surface area contributed by atoms with Crippen LogP contribution >= 0.6 is 0 Å². The van der Waals surface area contributed by atoms with E-state index in [1.165, 1.54) is 24.8 Å². The molecular weight excluding hydrogens is 236 g/mol. The van der Waals surface area contributed by atoms with E-state index in [4.69, 9.17) is 4.74 Å². The zero-order chi connectivity index (χ0) is 14.1. The van der Waals surface area contributed by atoms with Gasteiger partial charge in [0.25, 0.3) is 0 Å². The minimum atomic E-state index is -0.136. The van der Waals surface area contributed by atoms with Gasteiger partial charge in [0.1, 0.15) is 6.10 Å². The summed E-state index contributed by atoms with van der Waals surface area (Å²) in [5, 5.41) is 0. The maximum absolute atomic E-state index is 11.6. The van der Waals surface area contributed by atoms with E-state index in [0.29, 0.717) is 5.92 Å². The summed E-state index contributed by atoms with van der Waals surface area (Å²) >= 11 is 0. The van der Waals surface area contributed by atoms with Gasteiger partial charge < -0.3 is 4.74 Å². The molecule has 2 nitrogen and oxygen atoms in total. The first-order valence-electron chi connectivity index (χ1n) is 7.61. The maximum Gasteiger partial charge on any atom is 0.302 e. The van der Waals surface area contributed by atoms with Crippen LogP contribution in [0.3, 0.4) is 0 Å². The minimum Gasteiger partial charge on any atom is -0.461 e. The van der Waals surface area contributed by atoms with Gasteiger partial charge in [-0.2, -0.15) is 0 Å². The molecule has 19 heavy (non-hydrogen) atoms. The Morgan fingerprint density at radius 1 is 1.21 bits per heavy atom. The lowest BCUT2D eigenvalue weighted by atomic mass is 9.59. The van der Waals surface area contributed by atoms with Crippen molar-refractivity contribution in [3.05, 3.63) is 12.2 Å². The molecule has 0 amide bonds. The van der Waals surface area contributed by atoms with Gasteiger partial charge in [0, 0.05) is 18.3 Å². The molecular formula is C17H26O2. The van der Waals surface area contributed by atoms with Gasteiger partial charge in [-0.3, -0.25) is 4.79 Å². The third-order valence-electron chi connectivity index (χ3n) is 7.21. The van der Waals surface area contributed by atoms with Crippen LogP contribution in [-0.4, -0.2) is 12.1 Å². The summed E-state index contributed by atoms with van der Waals surface area (Å²) < 4.78 is 5.82. The summed E-state index contributed by atoms with van der Waals surface area (Å²) in [4.78, 5) is 11.6. The Kier molecular flexibility index (Phi) is 2.54. The molecule has 0 saturated heterocycles. The molecule has 3 aliphatic carbocycles. The highest BCUT2D eigenvalue weighted by molar-refractivity contribution is 5.66. The van der Waals surface area contributed by atoms with E-state index in [1.54, 1.807) is 6.92 Å². The molecule has 0 unspecified atom stereocenters. The molecule has 0 radical (unpaired) electrons. The molecule has 0 aromatic rings. The van der Waals surface area contributed by atoms with Crippen molar-refractivity contribution >= 4 is 5.97 Å². The zero-order valence-corrected chi connectivity index (χ0v) is 12.7. The van der Waals surface area contributed by atoms with Crippen molar-refractivity contribution in [2.45, 2.75) is 65.9 Å². The molecule has 2 heteroatoms. The Hall–Kier alpha value is -0.790. The second-order valence-electron chi connectivity index (χ2n) is 7.69. The van der Waals surface area contributed by atoms with Crippen LogP contribution in [0.15, 0.2) is 12.2 Å². The van der Waals surface area contributed by atoms with Crippen molar-refractivity contribution in [3.8, 4) is 0 Å². The number of carbonyl (C=O) groups is 1. The van der Waals surface area contributed by atoms with Crippen LogP contribution in [0.25, 0.3) is 0 Å². The Bertz CT molecular complexity index is 454. The van der Waals surface area contributed by atoms with E-state index in [-0.39, 0.29) is 28.3 Å². The molecule has 0 aromatic heterocycles. The molecule has 3 aliphatic rings. The largest absolute Gasteiger partial charge is 0.461 e. The average Bonchev–Trinajstić information content (AvgIpc) is 2.65. The molecule has 3 saturated carbocycles. The van der Waals surface area contributed by atoms with E-state index in [2.05, 4.69) is 27.4 Å². The normalized spacial score (nSPS) is 52.1. The van der Waals surface area contributed by atoms with Gasteiger partial charge in [-0.15, -0.1) is 0 Å². The first kappa shape index (κ1) is 13.2. The Balaban J connectivity index is 2.14. The van der Waals surface area contributed by atoms with Crippen molar-refractivity contribution < 1.29 is 9.53 Å². The molecule has 3 fully saturated rings. The van der Waals surface area contributed by atoms with Gasteiger partial charge in [0.2, 0.25) is 0 Å². The first-order chi connectivity index (χ1) is 8.76. The fraction of sp³-hybridized carbons (Fsp3) is 0.824. The standard InChI is InChI=1S/C17H26O2/c1-11-7-10-16(4)14(19-12(2)18)13(11)15(3)8-6-9-17(15,16)5/h13-14H,1,6-10H2,2-5H3/t13-,14-,15-,16+,17-/m0/s1. The minimum absolute atomic E-state index is 0.0431. The zero-order valence-electron chi connectivity index (χ0n) is 12.7. The van der Waals surface area contributed by atoms with Crippen molar-refractivity contribution in [1.29, 1.82) is 0 Å². The summed E-state index contributed by atoms with van der Waals surface area (Å²) in [6, 6.07) is 0. The van der Waals surface area contributed by atoms with Crippen LogP contribution in [0.5, 0.6) is 0 Å². The second kappa shape index (κ2) is 3.65. The van der Waals surface area contributed by atoms with Crippen LogP contribution < -0.4 is 0 Å². The van der Waals surface area contributed by atoms with Gasteiger partial charge in [-0.1, -0.05) is 39.3 Å². The summed E-state index contributed by atoms with van der Waals surface area (Å²) in [6.07, 6.45) is 6.08. The first-order valence-corrected chi connectivity index (χ1v) is 7.61. The number of hydrogen-bond donors (Lipinski definition) is 0. The highest BCUT2D eigenvalue weighted by Crippen LogP contribution is 2.77. The van der Waals surface area contributed by atoms with Gasteiger partial charge >= 0.3 is 5.97 Å². The van der Waals surface area contributed by atoms with Crippen LogP contribution in [0, 0.1) is 22.2 Å². The molecule has 2 bridgehead atoms. The van der Waals surface area contributed by atoms with Gasteiger partial charge in [-0.05, 0) is 36.5 Å². The number of fused-ring (bicyclic) bond motifs is 5. The Labute approximate surface area is 116 Å². The van der Waals surface area contributed by atoms with Crippen LogP contribution in [0.2, 0.25) is 0 Å². The van der Waals surface area contributed by atoms with Crippen molar-refractivity contribution in [3.63, 3.8) is 0 Å². The average molecular weight is 262 g/mol. The topological polar surface area (TPSA) is 26.3 Å². The third-order valence-corrected chi connectivity index (χ3v) is 7.21. The highest BCUT2D eigenvalue weighted by atomic mass is 16.5. The smallest absolute Gasteiger partial charge is 0.302 e. The predicted octanol–water partition coefficient (Wildman–Crippen LogP) is 4.10. The molecule has 106 valence electrons. The highest BCUT2D eigenvalue weighted by Gasteiger charge is 2.74.